The summed E-state index contributed by atoms with van der Waals surface area (Å²) in [5.74, 6) is 0.331. The summed E-state index contributed by atoms with van der Waals surface area (Å²) in [5.41, 5.74) is 3.69. The third-order valence-electron chi connectivity index (χ3n) is 4.65. The monoisotopic (exact) mass is 438 g/mol. The molecule has 0 saturated carbocycles. The van der Waals surface area contributed by atoms with E-state index in [2.05, 4.69) is 15.6 Å². The highest BCUT2D eigenvalue weighted by Crippen LogP contribution is 2.25. The van der Waals surface area contributed by atoms with Gasteiger partial charge in [-0.05, 0) is 37.7 Å². The average molecular weight is 439 g/mol. The molecule has 1 aromatic heterocycles. The topological polar surface area (TPSA) is 83.6 Å². The molecule has 7 nitrogen and oxygen atoms in total. The highest BCUT2D eigenvalue weighted by atomic mass is 32.1. The number of aryl methyl sites for hydroxylation is 1. The van der Waals surface area contributed by atoms with Crippen LogP contribution in [-0.4, -0.2) is 48.4 Å². The lowest BCUT2D eigenvalue weighted by Gasteiger charge is -2.19. The first-order valence-electron chi connectivity index (χ1n) is 9.95. The molecule has 1 heterocycles. The molecule has 0 aliphatic carbocycles. The number of methoxy groups -OCH3 is 1. The van der Waals surface area contributed by atoms with Crippen molar-refractivity contribution in [3.05, 3.63) is 59.5 Å². The van der Waals surface area contributed by atoms with E-state index in [-0.39, 0.29) is 24.9 Å². The maximum absolute atomic E-state index is 12.5. The van der Waals surface area contributed by atoms with Gasteiger partial charge >= 0.3 is 0 Å². The number of nitrogens with zero attached hydrogens (tertiary/aromatic N) is 2. The second kappa shape index (κ2) is 10.7. The number of carbonyl (C=O) groups excluding carboxylic acids is 2. The number of hydrogen-bond acceptors (Lipinski definition) is 6. The van der Waals surface area contributed by atoms with Gasteiger partial charge in [-0.15, -0.1) is 11.3 Å². The summed E-state index contributed by atoms with van der Waals surface area (Å²) in [6.45, 7) is 4.73. The second-order valence-corrected chi connectivity index (χ2v) is 7.89. The van der Waals surface area contributed by atoms with Crippen molar-refractivity contribution in [2.45, 2.75) is 13.8 Å². The maximum Gasteiger partial charge on any atom is 0.240 e. The Kier molecular flexibility index (Phi) is 7.75. The van der Waals surface area contributed by atoms with E-state index in [0.29, 0.717) is 17.4 Å². The van der Waals surface area contributed by atoms with Crippen molar-refractivity contribution < 1.29 is 14.3 Å². The fourth-order valence-electron chi connectivity index (χ4n) is 2.91. The molecule has 8 heteroatoms. The molecule has 2 N–H and O–H groups in total. The molecule has 0 bridgehead atoms. The van der Waals surface area contributed by atoms with Crippen molar-refractivity contribution in [3.63, 3.8) is 0 Å². The number of amides is 2. The third kappa shape index (κ3) is 6.63. The minimum Gasteiger partial charge on any atom is -0.497 e. The van der Waals surface area contributed by atoms with Gasteiger partial charge in [0.1, 0.15) is 5.75 Å². The summed E-state index contributed by atoms with van der Waals surface area (Å²) in [6, 6.07) is 15.2. The van der Waals surface area contributed by atoms with Gasteiger partial charge in [-0.1, -0.05) is 36.8 Å². The molecule has 0 aliphatic rings. The van der Waals surface area contributed by atoms with E-state index in [1.165, 1.54) is 16.9 Å². The summed E-state index contributed by atoms with van der Waals surface area (Å²) in [6.07, 6.45) is 0. The van der Waals surface area contributed by atoms with Crippen LogP contribution in [0, 0.1) is 6.92 Å². The van der Waals surface area contributed by atoms with Crippen LogP contribution in [0.4, 0.5) is 10.8 Å². The minimum atomic E-state index is -0.205. The molecule has 0 aliphatic heterocycles. The lowest BCUT2D eigenvalue weighted by atomic mass is 10.1. The molecule has 31 heavy (non-hydrogen) atoms. The first kappa shape index (κ1) is 22.5. The Morgan fingerprint density at radius 3 is 2.26 bits per heavy atom. The van der Waals surface area contributed by atoms with Crippen LogP contribution in [0.15, 0.2) is 53.9 Å². The number of ether oxygens (including phenoxy) is 1. The molecule has 2 amide bonds. The number of nitrogens with one attached hydrogen (secondary N) is 2. The molecule has 0 saturated heterocycles. The van der Waals surface area contributed by atoms with Crippen LogP contribution in [0.1, 0.15) is 12.5 Å². The van der Waals surface area contributed by atoms with Gasteiger partial charge in [0.25, 0.3) is 0 Å². The van der Waals surface area contributed by atoms with E-state index < -0.39 is 0 Å². The number of benzene rings is 2. The highest BCUT2D eigenvalue weighted by molar-refractivity contribution is 7.14. The van der Waals surface area contributed by atoms with Crippen molar-refractivity contribution in [3.8, 4) is 17.0 Å². The standard InChI is InChI=1S/C23H26N4O3S/c1-4-27(13-21(28)24-18-9-11-19(30-3)12-10-18)14-22(29)26-23-25-20(15-31-23)17-7-5-16(2)6-8-17/h5-12,15H,4,13-14H2,1-3H3,(H,24,28)(H,25,26,29). The van der Waals surface area contributed by atoms with Crippen molar-refractivity contribution in [1.29, 1.82) is 0 Å². The van der Waals surface area contributed by atoms with Gasteiger partial charge in [0.05, 0.1) is 25.9 Å². The van der Waals surface area contributed by atoms with Gasteiger partial charge in [-0.3, -0.25) is 14.5 Å². The van der Waals surface area contributed by atoms with E-state index in [1.807, 2.05) is 43.5 Å². The summed E-state index contributed by atoms with van der Waals surface area (Å²) < 4.78 is 5.11. The Morgan fingerprint density at radius 2 is 1.65 bits per heavy atom. The Labute approximate surface area is 186 Å². The van der Waals surface area contributed by atoms with Crippen molar-refractivity contribution >= 4 is 34.0 Å². The number of carbonyl (C=O) groups is 2. The quantitative estimate of drug-likeness (QED) is 0.527. The minimum absolute atomic E-state index is 0.103. The van der Waals surface area contributed by atoms with Crippen LogP contribution in [0.2, 0.25) is 0 Å². The molecule has 3 aromatic rings. The lowest BCUT2D eigenvalue weighted by molar-refractivity contribution is -0.119. The zero-order valence-electron chi connectivity index (χ0n) is 17.8. The van der Waals surface area contributed by atoms with Gasteiger partial charge in [-0.2, -0.15) is 0 Å². The number of aromatic nitrogens is 1. The predicted molar refractivity (Wildman–Crippen MR) is 125 cm³/mol. The van der Waals surface area contributed by atoms with Crippen molar-refractivity contribution in [2.24, 2.45) is 0 Å². The molecule has 0 radical (unpaired) electrons. The Morgan fingerprint density at radius 1 is 1.00 bits per heavy atom. The first-order chi connectivity index (χ1) is 15.0. The molecule has 0 atom stereocenters. The number of rotatable bonds is 9. The summed E-state index contributed by atoms with van der Waals surface area (Å²) >= 11 is 1.38. The molecular formula is C23H26N4O3S. The summed E-state index contributed by atoms with van der Waals surface area (Å²) in [5, 5.41) is 8.11. The van der Waals surface area contributed by atoms with Gasteiger partial charge in [0.2, 0.25) is 11.8 Å². The van der Waals surface area contributed by atoms with E-state index in [4.69, 9.17) is 4.74 Å². The molecule has 3 rings (SSSR count). The van der Waals surface area contributed by atoms with E-state index in [9.17, 15) is 9.59 Å². The van der Waals surface area contributed by atoms with Crippen LogP contribution < -0.4 is 15.4 Å². The smallest absolute Gasteiger partial charge is 0.240 e. The number of hydrogen-bond donors (Lipinski definition) is 2. The SMILES string of the molecule is CCN(CC(=O)Nc1ccc(OC)cc1)CC(=O)Nc1nc(-c2ccc(C)cc2)cs1. The Bertz CT molecular complexity index is 1020. The van der Waals surface area contributed by atoms with Gasteiger partial charge < -0.3 is 15.4 Å². The lowest BCUT2D eigenvalue weighted by Crippen LogP contribution is -2.38. The van der Waals surface area contributed by atoms with Gasteiger partial charge in [0.15, 0.2) is 5.13 Å². The first-order valence-corrected chi connectivity index (χ1v) is 10.8. The van der Waals surface area contributed by atoms with E-state index in [1.54, 1.807) is 36.3 Å². The normalized spacial score (nSPS) is 10.7. The number of anilines is 2. The second-order valence-electron chi connectivity index (χ2n) is 7.03. The fraction of sp³-hybridized carbons (Fsp3) is 0.261. The molecule has 0 unspecified atom stereocenters. The van der Waals surface area contributed by atoms with Crippen LogP contribution in [0.3, 0.4) is 0 Å². The van der Waals surface area contributed by atoms with Gasteiger partial charge in [-0.25, -0.2) is 4.98 Å². The molecular weight excluding hydrogens is 412 g/mol. The van der Waals surface area contributed by atoms with Crippen LogP contribution >= 0.6 is 11.3 Å². The summed E-state index contributed by atoms with van der Waals surface area (Å²) in [4.78, 5) is 31.0. The Balaban J connectivity index is 1.51. The van der Waals surface area contributed by atoms with Crippen molar-refractivity contribution in [1.82, 2.24) is 9.88 Å². The third-order valence-corrected chi connectivity index (χ3v) is 5.41. The largest absolute Gasteiger partial charge is 0.497 e. The molecule has 2 aromatic carbocycles. The van der Waals surface area contributed by atoms with Crippen LogP contribution in [0.25, 0.3) is 11.3 Å². The Hall–Kier alpha value is -3.23. The molecule has 162 valence electrons. The van der Waals surface area contributed by atoms with E-state index >= 15 is 0 Å². The van der Waals surface area contributed by atoms with Crippen LogP contribution in [-0.2, 0) is 9.59 Å². The zero-order valence-corrected chi connectivity index (χ0v) is 18.7. The van der Waals surface area contributed by atoms with E-state index in [0.717, 1.165) is 17.0 Å². The number of thiazole rings is 1. The van der Waals surface area contributed by atoms with Crippen molar-refractivity contribution in [2.75, 3.05) is 37.4 Å². The molecule has 0 fully saturated rings. The van der Waals surface area contributed by atoms with Gasteiger partial charge in [0, 0.05) is 16.6 Å². The molecule has 0 spiro atoms. The maximum atomic E-state index is 12.5. The zero-order chi connectivity index (χ0) is 22.2. The summed E-state index contributed by atoms with van der Waals surface area (Å²) in [7, 11) is 1.59. The average Bonchev–Trinajstić information content (AvgIpc) is 3.22. The highest BCUT2D eigenvalue weighted by Gasteiger charge is 2.15. The van der Waals surface area contributed by atoms with Crippen LogP contribution in [0.5, 0.6) is 5.75 Å². The number of likely N-dealkylation sites (N-methyl/N-ethyl adjacent to an activating group) is 1. The predicted octanol–water partition coefficient (Wildman–Crippen LogP) is 4.03. The fourth-order valence-corrected chi connectivity index (χ4v) is 3.64.